The zero-order valence-corrected chi connectivity index (χ0v) is 14.7. The first-order chi connectivity index (χ1) is 11.7. The molecule has 0 aliphatic carbocycles. The van der Waals surface area contributed by atoms with Crippen molar-refractivity contribution in [2.75, 3.05) is 38.7 Å². The number of carbonyl (C=O) groups is 1. The number of hydrogen-bond donors (Lipinski definition) is 1. The van der Waals surface area contributed by atoms with E-state index in [0.717, 1.165) is 63.2 Å². The Labute approximate surface area is 144 Å². The van der Waals surface area contributed by atoms with E-state index >= 15 is 0 Å². The van der Waals surface area contributed by atoms with E-state index in [1.54, 1.807) is 7.11 Å². The Morgan fingerprint density at radius 1 is 1.33 bits per heavy atom. The molecule has 1 aromatic carbocycles. The number of aryl methyl sites for hydroxylation is 1. The van der Waals surface area contributed by atoms with Gasteiger partial charge >= 0.3 is 0 Å². The lowest BCUT2D eigenvalue weighted by atomic mass is 9.99. The van der Waals surface area contributed by atoms with Crippen molar-refractivity contribution < 1.29 is 14.3 Å². The minimum atomic E-state index is -0.0296. The normalized spacial score (nSPS) is 22.5. The number of anilines is 1. The van der Waals surface area contributed by atoms with Crippen LogP contribution in [0.4, 0.5) is 5.69 Å². The molecule has 1 aromatic rings. The number of nitrogens with zero attached hydrogens (tertiary/aromatic N) is 1. The van der Waals surface area contributed by atoms with Crippen LogP contribution in [0, 0.1) is 12.8 Å². The monoisotopic (exact) mass is 332 g/mol. The molecule has 0 spiro atoms. The van der Waals surface area contributed by atoms with Crippen LogP contribution in [0.2, 0.25) is 0 Å². The molecule has 1 unspecified atom stereocenters. The van der Waals surface area contributed by atoms with Gasteiger partial charge in [-0.25, -0.2) is 0 Å². The summed E-state index contributed by atoms with van der Waals surface area (Å²) < 4.78 is 10.8. The molecule has 5 heteroatoms. The summed E-state index contributed by atoms with van der Waals surface area (Å²) in [6.45, 7) is 5.75. The molecule has 3 rings (SSSR count). The molecule has 2 aliphatic rings. The molecule has 1 amide bonds. The Morgan fingerprint density at radius 2 is 2.12 bits per heavy atom. The van der Waals surface area contributed by atoms with Crippen LogP contribution in [-0.2, 0) is 9.53 Å². The third-order valence-corrected chi connectivity index (χ3v) is 5.11. The second-order valence-electron chi connectivity index (χ2n) is 6.90. The van der Waals surface area contributed by atoms with E-state index in [2.05, 4.69) is 10.2 Å². The Morgan fingerprint density at radius 3 is 2.88 bits per heavy atom. The van der Waals surface area contributed by atoms with Crippen LogP contribution in [0.1, 0.15) is 31.2 Å². The van der Waals surface area contributed by atoms with E-state index in [9.17, 15) is 4.79 Å². The highest BCUT2D eigenvalue weighted by Crippen LogP contribution is 2.28. The minimum absolute atomic E-state index is 0.0296. The van der Waals surface area contributed by atoms with Crippen LogP contribution in [0.5, 0.6) is 5.75 Å². The fraction of sp³-hybridized carbons (Fsp3) is 0.632. The van der Waals surface area contributed by atoms with Crippen molar-refractivity contribution in [3.05, 3.63) is 23.8 Å². The van der Waals surface area contributed by atoms with Gasteiger partial charge in [0.1, 0.15) is 5.75 Å². The first-order valence-corrected chi connectivity index (χ1v) is 8.94. The summed E-state index contributed by atoms with van der Waals surface area (Å²) in [6, 6.07) is 5.83. The molecule has 1 N–H and O–H groups in total. The predicted molar refractivity (Wildman–Crippen MR) is 94.5 cm³/mol. The summed E-state index contributed by atoms with van der Waals surface area (Å²) in [5.41, 5.74) is 1.87. The van der Waals surface area contributed by atoms with Gasteiger partial charge in [-0.05, 0) is 62.8 Å². The van der Waals surface area contributed by atoms with Crippen molar-refractivity contribution in [1.82, 2.24) is 4.90 Å². The molecular formula is C19H28N2O3. The lowest BCUT2D eigenvalue weighted by Crippen LogP contribution is -2.42. The molecule has 0 aromatic heterocycles. The zero-order valence-electron chi connectivity index (χ0n) is 14.7. The molecule has 132 valence electrons. The third-order valence-electron chi connectivity index (χ3n) is 5.11. The maximum atomic E-state index is 12.8. The Kier molecular flexibility index (Phi) is 5.74. The van der Waals surface area contributed by atoms with Gasteiger partial charge in [0, 0.05) is 19.8 Å². The number of methoxy groups -OCH3 is 1. The van der Waals surface area contributed by atoms with Gasteiger partial charge in [0.25, 0.3) is 0 Å². The molecule has 0 saturated carbocycles. The first-order valence-electron chi connectivity index (χ1n) is 8.94. The van der Waals surface area contributed by atoms with Crippen molar-refractivity contribution in [3.8, 4) is 5.75 Å². The van der Waals surface area contributed by atoms with E-state index in [0.29, 0.717) is 11.7 Å². The van der Waals surface area contributed by atoms with Gasteiger partial charge in [-0.2, -0.15) is 0 Å². The van der Waals surface area contributed by atoms with Crippen LogP contribution in [0.25, 0.3) is 0 Å². The second-order valence-corrected chi connectivity index (χ2v) is 6.90. The second kappa shape index (κ2) is 7.99. The summed E-state index contributed by atoms with van der Waals surface area (Å²) in [5.74, 6) is 1.45. The number of likely N-dealkylation sites (tertiary alicyclic amines) is 1. The molecule has 1 atom stereocenters. The molecule has 2 heterocycles. The Bertz CT molecular complexity index is 570. The van der Waals surface area contributed by atoms with E-state index < -0.39 is 0 Å². The van der Waals surface area contributed by atoms with Crippen molar-refractivity contribution in [1.29, 1.82) is 0 Å². The minimum Gasteiger partial charge on any atom is -0.495 e. The number of amides is 1. The number of hydrogen-bond acceptors (Lipinski definition) is 4. The van der Waals surface area contributed by atoms with Crippen LogP contribution in [0.3, 0.4) is 0 Å². The van der Waals surface area contributed by atoms with Crippen molar-refractivity contribution in [3.63, 3.8) is 0 Å². The van der Waals surface area contributed by atoms with Crippen LogP contribution in [0.15, 0.2) is 18.2 Å². The van der Waals surface area contributed by atoms with Crippen LogP contribution >= 0.6 is 0 Å². The molecule has 2 saturated heterocycles. The largest absolute Gasteiger partial charge is 0.495 e. The maximum Gasteiger partial charge on any atom is 0.241 e. The fourth-order valence-electron chi connectivity index (χ4n) is 3.74. The molecule has 0 radical (unpaired) electrons. The van der Waals surface area contributed by atoms with E-state index in [1.165, 1.54) is 0 Å². The van der Waals surface area contributed by atoms with Gasteiger partial charge in [0.15, 0.2) is 0 Å². The van der Waals surface area contributed by atoms with Crippen molar-refractivity contribution in [2.45, 2.75) is 38.6 Å². The summed E-state index contributed by atoms with van der Waals surface area (Å²) in [4.78, 5) is 15.2. The van der Waals surface area contributed by atoms with Gasteiger partial charge in [0.05, 0.1) is 18.8 Å². The Balaban J connectivity index is 1.64. The van der Waals surface area contributed by atoms with Crippen LogP contribution in [-0.4, -0.2) is 50.3 Å². The van der Waals surface area contributed by atoms with Gasteiger partial charge in [-0.3, -0.25) is 9.69 Å². The Hall–Kier alpha value is -1.59. The van der Waals surface area contributed by atoms with Crippen LogP contribution < -0.4 is 10.1 Å². The van der Waals surface area contributed by atoms with E-state index in [1.807, 2.05) is 25.1 Å². The average Bonchev–Trinajstić information content (AvgIpc) is 3.04. The van der Waals surface area contributed by atoms with Crippen molar-refractivity contribution in [2.24, 2.45) is 5.92 Å². The number of benzene rings is 1. The highest BCUT2D eigenvalue weighted by Gasteiger charge is 2.32. The maximum absolute atomic E-state index is 12.8. The predicted octanol–water partition coefficient (Wildman–Crippen LogP) is 2.83. The van der Waals surface area contributed by atoms with E-state index in [-0.39, 0.29) is 11.9 Å². The van der Waals surface area contributed by atoms with Gasteiger partial charge in [-0.15, -0.1) is 0 Å². The fourth-order valence-corrected chi connectivity index (χ4v) is 3.74. The SMILES string of the molecule is COc1ccc(C)cc1NC(=O)C1CCCN1CC1CCOCC1. The summed E-state index contributed by atoms with van der Waals surface area (Å²) in [6.07, 6.45) is 4.24. The molecule has 2 fully saturated rings. The summed E-state index contributed by atoms with van der Waals surface area (Å²) in [5, 5.41) is 3.08. The first kappa shape index (κ1) is 17.2. The number of ether oxygens (including phenoxy) is 2. The summed E-state index contributed by atoms with van der Waals surface area (Å²) >= 11 is 0. The molecule has 0 bridgehead atoms. The number of rotatable bonds is 5. The van der Waals surface area contributed by atoms with Gasteiger partial charge in [0.2, 0.25) is 5.91 Å². The quantitative estimate of drug-likeness (QED) is 0.901. The van der Waals surface area contributed by atoms with Gasteiger partial charge < -0.3 is 14.8 Å². The molecule has 24 heavy (non-hydrogen) atoms. The standard InChI is InChI=1S/C19H28N2O3/c1-14-5-6-18(23-2)16(12-14)20-19(22)17-4-3-9-21(17)13-15-7-10-24-11-8-15/h5-6,12,15,17H,3-4,7-11,13H2,1-2H3,(H,20,22). The molecule has 5 nitrogen and oxygen atoms in total. The molecular weight excluding hydrogens is 304 g/mol. The highest BCUT2D eigenvalue weighted by atomic mass is 16.5. The lowest BCUT2D eigenvalue weighted by molar-refractivity contribution is -0.120. The third kappa shape index (κ3) is 4.08. The topological polar surface area (TPSA) is 50.8 Å². The number of nitrogens with one attached hydrogen (secondary N) is 1. The van der Waals surface area contributed by atoms with E-state index in [4.69, 9.17) is 9.47 Å². The number of carbonyl (C=O) groups excluding carboxylic acids is 1. The lowest BCUT2D eigenvalue weighted by Gasteiger charge is -2.30. The zero-order chi connectivity index (χ0) is 16.9. The van der Waals surface area contributed by atoms with Gasteiger partial charge in [-0.1, -0.05) is 6.07 Å². The molecule has 2 aliphatic heterocycles. The smallest absolute Gasteiger partial charge is 0.241 e. The van der Waals surface area contributed by atoms with Crippen molar-refractivity contribution >= 4 is 11.6 Å². The highest BCUT2D eigenvalue weighted by molar-refractivity contribution is 5.96. The average molecular weight is 332 g/mol. The summed E-state index contributed by atoms with van der Waals surface area (Å²) in [7, 11) is 1.63.